The molecule has 0 radical (unpaired) electrons. The lowest BCUT2D eigenvalue weighted by molar-refractivity contribution is 0.136. The minimum absolute atomic E-state index is 0.0560. The zero-order valence-corrected chi connectivity index (χ0v) is 10.9. The van der Waals surface area contributed by atoms with Gasteiger partial charge >= 0.3 is 0 Å². The zero-order valence-electron chi connectivity index (χ0n) is 10.1. The van der Waals surface area contributed by atoms with Gasteiger partial charge in [0.25, 0.3) is 0 Å². The highest BCUT2D eigenvalue weighted by Crippen LogP contribution is 2.22. The molecule has 1 aromatic rings. The van der Waals surface area contributed by atoms with Gasteiger partial charge in [-0.1, -0.05) is 30.7 Å². The van der Waals surface area contributed by atoms with Crippen molar-refractivity contribution in [1.29, 1.82) is 0 Å². The Morgan fingerprint density at radius 1 is 1.44 bits per heavy atom. The maximum absolute atomic E-state index is 10.1. The first-order valence-corrected chi connectivity index (χ1v) is 6.11. The maximum atomic E-state index is 10.1. The molecule has 0 spiro atoms. The fraction of sp³-hybridized carbons (Fsp3) is 0.538. The van der Waals surface area contributed by atoms with Crippen molar-refractivity contribution in [1.82, 2.24) is 5.32 Å². The molecule has 0 fully saturated rings. The van der Waals surface area contributed by atoms with Crippen molar-refractivity contribution in [3.63, 3.8) is 0 Å². The molecule has 2 unspecified atom stereocenters. The van der Waals surface area contributed by atoms with Crippen LogP contribution >= 0.6 is 11.6 Å². The van der Waals surface area contributed by atoms with Gasteiger partial charge in [-0.3, -0.25) is 0 Å². The number of halogens is 1. The molecule has 0 aliphatic carbocycles. The third-order valence-electron chi connectivity index (χ3n) is 2.71. The van der Waals surface area contributed by atoms with Crippen LogP contribution in [0.2, 0.25) is 5.02 Å². The van der Waals surface area contributed by atoms with Crippen LogP contribution in [0.25, 0.3) is 0 Å². The van der Waals surface area contributed by atoms with E-state index in [0.29, 0.717) is 0 Å². The average Bonchev–Trinajstić information content (AvgIpc) is 2.28. The van der Waals surface area contributed by atoms with Gasteiger partial charge in [0, 0.05) is 11.1 Å². The van der Waals surface area contributed by atoms with Crippen LogP contribution in [-0.2, 0) is 0 Å². The van der Waals surface area contributed by atoms with Crippen molar-refractivity contribution in [2.24, 2.45) is 0 Å². The summed E-state index contributed by atoms with van der Waals surface area (Å²) in [5.74, 6) is 0. The summed E-state index contributed by atoms with van der Waals surface area (Å²) < 4.78 is 0. The highest BCUT2D eigenvalue weighted by molar-refractivity contribution is 6.31. The normalized spacial score (nSPS) is 14.8. The molecule has 0 bridgehead atoms. The molecule has 1 rings (SSSR count). The van der Waals surface area contributed by atoms with Crippen LogP contribution in [0.3, 0.4) is 0 Å². The lowest BCUT2D eigenvalue weighted by Gasteiger charge is -2.21. The molecule has 0 heterocycles. The fourth-order valence-corrected chi connectivity index (χ4v) is 1.74. The molecule has 0 saturated heterocycles. The molecule has 1 aromatic carbocycles. The minimum Gasteiger partial charge on any atom is -0.387 e. The highest BCUT2D eigenvalue weighted by Gasteiger charge is 2.15. The van der Waals surface area contributed by atoms with Gasteiger partial charge in [0.2, 0.25) is 0 Å². The van der Waals surface area contributed by atoms with Crippen molar-refractivity contribution >= 4 is 11.6 Å². The standard InChI is InChI=1S/C13H20ClNO/c1-4-7-15-10(3)13(16)11-5-6-12(14)9(2)8-11/h5-6,8,10,13,15-16H,4,7H2,1-3H3. The number of hydrogen-bond acceptors (Lipinski definition) is 2. The Morgan fingerprint density at radius 3 is 2.69 bits per heavy atom. The molecule has 2 nitrogen and oxygen atoms in total. The minimum atomic E-state index is -0.484. The van der Waals surface area contributed by atoms with E-state index in [2.05, 4.69) is 12.2 Å². The van der Waals surface area contributed by atoms with Gasteiger partial charge < -0.3 is 10.4 Å². The zero-order chi connectivity index (χ0) is 12.1. The van der Waals surface area contributed by atoms with Gasteiger partial charge in [0.15, 0.2) is 0 Å². The van der Waals surface area contributed by atoms with Crippen molar-refractivity contribution in [2.75, 3.05) is 6.54 Å². The van der Waals surface area contributed by atoms with Gasteiger partial charge in [0.1, 0.15) is 0 Å². The predicted octanol–water partition coefficient (Wildman–Crippen LogP) is 3.07. The molecular formula is C13H20ClNO. The molecule has 16 heavy (non-hydrogen) atoms. The van der Waals surface area contributed by atoms with Crippen LogP contribution in [0.5, 0.6) is 0 Å². The van der Waals surface area contributed by atoms with E-state index in [1.807, 2.05) is 32.0 Å². The topological polar surface area (TPSA) is 32.3 Å². The summed E-state index contributed by atoms with van der Waals surface area (Å²) >= 11 is 5.95. The number of aliphatic hydroxyl groups is 1. The smallest absolute Gasteiger partial charge is 0.0940 e. The van der Waals surface area contributed by atoms with E-state index in [-0.39, 0.29) is 6.04 Å². The van der Waals surface area contributed by atoms with Gasteiger partial charge in [-0.15, -0.1) is 0 Å². The predicted molar refractivity (Wildman–Crippen MR) is 68.9 cm³/mol. The summed E-state index contributed by atoms with van der Waals surface area (Å²) in [6.07, 6.45) is 0.582. The summed E-state index contributed by atoms with van der Waals surface area (Å²) in [7, 11) is 0. The molecule has 0 saturated carbocycles. The number of benzene rings is 1. The number of nitrogens with one attached hydrogen (secondary N) is 1. The molecule has 2 atom stereocenters. The first-order chi connectivity index (χ1) is 7.56. The van der Waals surface area contributed by atoms with Crippen LogP contribution in [0.1, 0.15) is 37.5 Å². The summed E-state index contributed by atoms with van der Waals surface area (Å²) in [5, 5.41) is 14.1. The van der Waals surface area contributed by atoms with E-state index in [1.54, 1.807) is 0 Å². The van der Waals surface area contributed by atoms with E-state index in [9.17, 15) is 5.11 Å². The van der Waals surface area contributed by atoms with E-state index in [1.165, 1.54) is 0 Å². The second kappa shape index (κ2) is 6.24. The Balaban J connectivity index is 2.71. The third kappa shape index (κ3) is 3.48. The molecular weight excluding hydrogens is 222 g/mol. The van der Waals surface area contributed by atoms with Crippen LogP contribution in [0, 0.1) is 6.92 Å². The highest BCUT2D eigenvalue weighted by atomic mass is 35.5. The maximum Gasteiger partial charge on any atom is 0.0940 e. The van der Waals surface area contributed by atoms with Crippen LogP contribution < -0.4 is 5.32 Å². The number of aryl methyl sites for hydroxylation is 1. The number of hydrogen-bond donors (Lipinski definition) is 2. The molecule has 0 aliphatic rings. The summed E-state index contributed by atoms with van der Waals surface area (Å²) in [6, 6.07) is 5.71. The Kier molecular flexibility index (Phi) is 5.26. The molecule has 90 valence electrons. The fourth-order valence-electron chi connectivity index (χ4n) is 1.62. The van der Waals surface area contributed by atoms with Gasteiger partial charge in [-0.2, -0.15) is 0 Å². The quantitative estimate of drug-likeness (QED) is 0.831. The van der Waals surface area contributed by atoms with Gasteiger partial charge in [0.05, 0.1) is 6.10 Å². The van der Waals surface area contributed by atoms with Crippen LogP contribution in [0.4, 0.5) is 0 Å². The largest absolute Gasteiger partial charge is 0.387 e. The van der Waals surface area contributed by atoms with Crippen molar-refractivity contribution < 1.29 is 5.11 Å². The second-order valence-corrected chi connectivity index (χ2v) is 4.60. The van der Waals surface area contributed by atoms with E-state index in [4.69, 9.17) is 11.6 Å². The molecule has 2 N–H and O–H groups in total. The Hall–Kier alpha value is -0.570. The third-order valence-corrected chi connectivity index (χ3v) is 3.14. The first-order valence-electron chi connectivity index (χ1n) is 5.73. The lowest BCUT2D eigenvalue weighted by atomic mass is 10.0. The molecule has 3 heteroatoms. The monoisotopic (exact) mass is 241 g/mol. The SMILES string of the molecule is CCCNC(C)C(O)c1ccc(Cl)c(C)c1. The van der Waals surface area contributed by atoms with Crippen molar-refractivity contribution in [3.05, 3.63) is 34.3 Å². The van der Waals surface area contributed by atoms with Crippen molar-refractivity contribution in [3.8, 4) is 0 Å². The number of rotatable bonds is 5. The van der Waals surface area contributed by atoms with Crippen molar-refractivity contribution in [2.45, 2.75) is 39.3 Å². The van der Waals surface area contributed by atoms with Crippen LogP contribution in [0.15, 0.2) is 18.2 Å². The summed E-state index contributed by atoms with van der Waals surface area (Å²) in [4.78, 5) is 0. The second-order valence-electron chi connectivity index (χ2n) is 4.20. The Labute approximate surface area is 103 Å². The Bertz CT molecular complexity index is 341. The van der Waals surface area contributed by atoms with E-state index in [0.717, 1.165) is 29.1 Å². The molecule has 0 aliphatic heterocycles. The molecule has 0 aromatic heterocycles. The van der Waals surface area contributed by atoms with E-state index < -0.39 is 6.10 Å². The average molecular weight is 242 g/mol. The van der Waals surface area contributed by atoms with E-state index >= 15 is 0 Å². The number of aliphatic hydroxyl groups excluding tert-OH is 1. The van der Waals surface area contributed by atoms with Crippen LogP contribution in [-0.4, -0.2) is 17.7 Å². The molecule has 0 amide bonds. The summed E-state index contributed by atoms with van der Waals surface area (Å²) in [5.41, 5.74) is 1.92. The lowest BCUT2D eigenvalue weighted by Crippen LogP contribution is -2.32. The van der Waals surface area contributed by atoms with Gasteiger partial charge in [-0.25, -0.2) is 0 Å². The van der Waals surface area contributed by atoms with Gasteiger partial charge in [-0.05, 0) is 44.0 Å². The Morgan fingerprint density at radius 2 is 2.12 bits per heavy atom. The first kappa shape index (κ1) is 13.5. The summed E-state index contributed by atoms with van der Waals surface area (Å²) in [6.45, 7) is 6.97.